The second kappa shape index (κ2) is 2.27. The molecule has 0 spiro atoms. The summed E-state index contributed by atoms with van der Waals surface area (Å²) in [7, 11) is -2.43. The fourth-order valence-electron chi connectivity index (χ4n) is 0.901. The molecule has 0 aliphatic carbocycles. The zero-order valence-electron chi connectivity index (χ0n) is 8.57. The molecule has 2 aromatic rings. The van der Waals surface area contributed by atoms with Crippen LogP contribution >= 0.6 is 0 Å². The zero-order chi connectivity index (χ0) is 10.2. The molecule has 2 rings (SSSR count). The highest BCUT2D eigenvalue weighted by atomic mass is 16.5. The molecule has 56 valence electrons. The lowest BCUT2D eigenvalue weighted by Crippen LogP contribution is -1.80. The van der Waals surface area contributed by atoms with Gasteiger partial charge in [0.05, 0.1) is 11.2 Å². The Hall–Kier alpha value is -1.51. The molecule has 0 aliphatic rings. The lowest BCUT2D eigenvalue weighted by atomic mass is 10.3. The molecule has 1 aromatic carbocycles. The van der Waals surface area contributed by atoms with Gasteiger partial charge in [-0.3, -0.25) is 0 Å². The van der Waals surface area contributed by atoms with Crippen LogP contribution in [0.5, 0.6) is 5.75 Å². The smallest absolute Gasteiger partial charge is 0.181 e. The number of aromatic nitrogens is 1. The largest absolute Gasteiger partial charge is 0.497 e. The van der Waals surface area contributed by atoms with E-state index < -0.39 is 7.04 Å². The summed E-state index contributed by atoms with van der Waals surface area (Å²) >= 11 is 0. The molecule has 0 radical (unpaired) electrons. The van der Waals surface area contributed by atoms with Crippen molar-refractivity contribution < 1.29 is 13.3 Å². The molecule has 0 fully saturated rings. The summed E-state index contributed by atoms with van der Waals surface area (Å²) in [4.78, 5) is 3.88. The molecule has 3 nitrogen and oxygen atoms in total. The van der Waals surface area contributed by atoms with E-state index in [0.29, 0.717) is 11.1 Å². The minimum Gasteiger partial charge on any atom is -0.497 e. The molecule has 0 atom stereocenters. The molecule has 0 saturated carbocycles. The van der Waals surface area contributed by atoms with Crippen LogP contribution in [-0.2, 0) is 0 Å². The van der Waals surface area contributed by atoms with Gasteiger partial charge < -0.3 is 9.15 Å². The van der Waals surface area contributed by atoms with Crippen LogP contribution < -0.4 is 4.74 Å². The van der Waals surface area contributed by atoms with Crippen LogP contribution in [0.2, 0.25) is 0 Å². The number of fused-ring (bicyclic) bond motifs is 1. The average molecular weight is 152 g/mol. The molecule has 0 bridgehead atoms. The summed E-state index contributed by atoms with van der Waals surface area (Å²) in [6, 6.07) is 4.66. The van der Waals surface area contributed by atoms with Gasteiger partial charge in [-0.15, -0.1) is 0 Å². The minimum atomic E-state index is -2.43. The normalized spacial score (nSPS) is 15.5. The minimum absolute atomic E-state index is 0.256. The van der Waals surface area contributed by atoms with Crippen LogP contribution in [-0.4, -0.2) is 12.0 Å². The number of oxazole rings is 1. The van der Waals surface area contributed by atoms with E-state index in [9.17, 15) is 0 Å². The second-order valence-corrected chi connectivity index (χ2v) is 2.08. The van der Waals surface area contributed by atoms with E-state index >= 15 is 0 Å². The van der Waals surface area contributed by atoms with Crippen molar-refractivity contribution in [1.29, 1.82) is 0 Å². The average Bonchev–Trinajstić information content (AvgIpc) is 2.47. The topological polar surface area (TPSA) is 35.3 Å². The first-order valence-electron chi connectivity index (χ1n) is 4.57. The number of hydrogen-bond donors (Lipinski definition) is 0. The summed E-state index contributed by atoms with van der Waals surface area (Å²) in [6.07, 6.45) is 1.30. The summed E-state index contributed by atoms with van der Waals surface area (Å²) in [5.74, 6) is 0.256. The summed E-state index contributed by atoms with van der Waals surface area (Å²) in [5.41, 5.74) is 1.18. The highest BCUT2D eigenvalue weighted by Gasteiger charge is 1.98. The molecule has 0 unspecified atom stereocenters. The van der Waals surface area contributed by atoms with Gasteiger partial charge in [-0.05, 0) is 12.1 Å². The van der Waals surface area contributed by atoms with Crippen LogP contribution in [0, 0.1) is 0 Å². The van der Waals surface area contributed by atoms with Crippen LogP contribution in [0.1, 0.15) is 4.11 Å². The predicted molar refractivity (Wildman–Crippen MR) is 40.6 cm³/mol. The monoisotopic (exact) mass is 152 g/mol. The van der Waals surface area contributed by atoms with E-state index in [-0.39, 0.29) is 5.75 Å². The van der Waals surface area contributed by atoms with Crippen molar-refractivity contribution in [1.82, 2.24) is 4.98 Å². The number of rotatable bonds is 1. The van der Waals surface area contributed by atoms with E-state index in [0.717, 1.165) is 0 Å². The SMILES string of the molecule is [2H]C([2H])([2H])Oc1ccc2ocnc2c1. The van der Waals surface area contributed by atoms with Crippen molar-refractivity contribution in [3.8, 4) is 5.75 Å². The molecule has 3 heteroatoms. The second-order valence-electron chi connectivity index (χ2n) is 2.08. The maximum Gasteiger partial charge on any atom is 0.181 e. The number of hydrogen-bond acceptors (Lipinski definition) is 3. The van der Waals surface area contributed by atoms with Gasteiger partial charge >= 0.3 is 0 Å². The molecule has 1 aromatic heterocycles. The van der Waals surface area contributed by atoms with Gasteiger partial charge in [-0.2, -0.15) is 0 Å². The van der Waals surface area contributed by atoms with Crippen molar-refractivity contribution in [3.05, 3.63) is 24.6 Å². The molecule has 0 amide bonds. The Bertz CT molecular complexity index is 449. The quantitative estimate of drug-likeness (QED) is 0.625. The number of benzene rings is 1. The van der Waals surface area contributed by atoms with Crippen molar-refractivity contribution in [3.63, 3.8) is 0 Å². The highest BCUT2D eigenvalue weighted by molar-refractivity contribution is 5.73. The van der Waals surface area contributed by atoms with E-state index in [2.05, 4.69) is 4.98 Å². The van der Waals surface area contributed by atoms with Gasteiger partial charge in [-0.25, -0.2) is 4.98 Å². The lowest BCUT2D eigenvalue weighted by molar-refractivity contribution is 0.415. The first-order chi connectivity index (χ1) is 6.54. The fourth-order valence-corrected chi connectivity index (χ4v) is 0.901. The standard InChI is InChI=1S/C8H7NO2/c1-10-6-2-3-8-7(4-6)9-5-11-8/h2-5H,1H3/i1D3. The summed E-state index contributed by atoms with van der Waals surface area (Å²) < 4.78 is 30.4. The van der Waals surface area contributed by atoms with E-state index in [4.69, 9.17) is 13.3 Å². The Labute approximate surface area is 67.8 Å². The van der Waals surface area contributed by atoms with Crippen molar-refractivity contribution >= 4 is 11.1 Å². The molecule has 0 saturated heterocycles. The maximum atomic E-state index is 6.91. The van der Waals surface area contributed by atoms with Crippen LogP contribution in [0.3, 0.4) is 0 Å². The Balaban J connectivity index is 2.35. The molecular weight excluding hydrogens is 142 g/mol. The van der Waals surface area contributed by atoms with E-state index in [1.165, 1.54) is 18.5 Å². The Morgan fingerprint density at radius 3 is 3.55 bits per heavy atom. The van der Waals surface area contributed by atoms with Gasteiger partial charge in [-0.1, -0.05) is 0 Å². The lowest BCUT2D eigenvalue weighted by Gasteiger charge is -1.95. The van der Waals surface area contributed by atoms with Gasteiger partial charge in [0.25, 0.3) is 0 Å². The van der Waals surface area contributed by atoms with Crippen molar-refractivity contribution in [2.75, 3.05) is 7.04 Å². The van der Waals surface area contributed by atoms with Crippen LogP contribution in [0.4, 0.5) is 0 Å². The predicted octanol–water partition coefficient (Wildman–Crippen LogP) is 1.84. The van der Waals surface area contributed by atoms with Crippen molar-refractivity contribution in [2.24, 2.45) is 0 Å². The Morgan fingerprint density at radius 2 is 2.64 bits per heavy atom. The third kappa shape index (κ3) is 0.941. The number of nitrogens with zero attached hydrogens (tertiary/aromatic N) is 1. The molecule has 1 heterocycles. The van der Waals surface area contributed by atoms with Gasteiger partial charge in [0.15, 0.2) is 12.0 Å². The molecule has 0 N–H and O–H groups in total. The molecule has 11 heavy (non-hydrogen) atoms. The van der Waals surface area contributed by atoms with E-state index in [1.54, 1.807) is 6.07 Å². The van der Waals surface area contributed by atoms with Crippen LogP contribution in [0.15, 0.2) is 29.0 Å². The first kappa shape index (κ1) is 3.76. The van der Waals surface area contributed by atoms with Gasteiger partial charge in [0.1, 0.15) is 11.3 Å². The van der Waals surface area contributed by atoms with Gasteiger partial charge in [0.2, 0.25) is 0 Å². The maximum absolute atomic E-state index is 6.91. The van der Waals surface area contributed by atoms with Crippen LogP contribution in [0.25, 0.3) is 11.1 Å². The highest BCUT2D eigenvalue weighted by Crippen LogP contribution is 2.18. The summed E-state index contributed by atoms with van der Waals surface area (Å²) in [6.45, 7) is 0. The van der Waals surface area contributed by atoms with Crippen molar-refractivity contribution in [2.45, 2.75) is 0 Å². The fraction of sp³-hybridized carbons (Fsp3) is 0.125. The third-order valence-electron chi connectivity index (χ3n) is 1.42. The zero-order valence-corrected chi connectivity index (χ0v) is 5.57. The third-order valence-corrected chi connectivity index (χ3v) is 1.42. The molecular formula is C8H7NO2. The number of methoxy groups -OCH3 is 1. The van der Waals surface area contributed by atoms with E-state index in [1.807, 2.05) is 0 Å². The summed E-state index contributed by atoms with van der Waals surface area (Å²) in [5, 5.41) is 0. The Kier molecular flexibility index (Phi) is 0.775. The molecule has 0 aliphatic heterocycles. The Morgan fingerprint density at radius 1 is 1.64 bits per heavy atom. The first-order valence-corrected chi connectivity index (χ1v) is 3.07. The van der Waals surface area contributed by atoms with Gasteiger partial charge in [0, 0.05) is 6.07 Å². The number of ether oxygens (including phenoxy) is 1.